The van der Waals surface area contributed by atoms with Crippen molar-refractivity contribution in [3.63, 3.8) is 0 Å². The Hall–Kier alpha value is -2.48. The fourth-order valence-electron chi connectivity index (χ4n) is 4.05. The van der Waals surface area contributed by atoms with Crippen molar-refractivity contribution in [1.29, 1.82) is 0 Å². The first-order valence-corrected chi connectivity index (χ1v) is 10.7. The predicted octanol–water partition coefficient (Wildman–Crippen LogP) is 0.906. The monoisotopic (exact) mass is 412 g/mol. The van der Waals surface area contributed by atoms with Gasteiger partial charge in [0.1, 0.15) is 26.2 Å². The molecule has 0 bridgehead atoms. The highest BCUT2D eigenvalue weighted by atomic mass is 32.1. The molecule has 0 atom stereocenters. The number of quaternary nitrogens is 2. The van der Waals surface area contributed by atoms with Crippen LogP contribution in [0.3, 0.4) is 0 Å². The van der Waals surface area contributed by atoms with Crippen molar-refractivity contribution in [1.82, 2.24) is 4.57 Å². The van der Waals surface area contributed by atoms with Crippen LogP contribution < -0.4 is 15.1 Å². The first-order valence-electron chi connectivity index (χ1n) is 10.3. The largest absolute Gasteiger partial charge is 0.429 e. The summed E-state index contributed by atoms with van der Waals surface area (Å²) in [5.41, 5.74) is 4.00. The molecule has 4 rings (SSSR count). The van der Waals surface area contributed by atoms with E-state index in [4.69, 9.17) is 16.6 Å². The van der Waals surface area contributed by atoms with E-state index in [-0.39, 0.29) is 5.91 Å². The van der Waals surface area contributed by atoms with Gasteiger partial charge in [-0.25, -0.2) is 0 Å². The molecule has 3 N–H and O–H groups in total. The van der Waals surface area contributed by atoms with Gasteiger partial charge in [0.25, 0.3) is 10.7 Å². The molecule has 1 aromatic heterocycles. The second-order valence-electron chi connectivity index (χ2n) is 7.66. The molecule has 0 radical (unpaired) electrons. The van der Waals surface area contributed by atoms with Gasteiger partial charge in [0.15, 0.2) is 18.8 Å². The fraction of sp³-hybridized carbons (Fsp3) is 0.364. The lowest BCUT2D eigenvalue weighted by atomic mass is 10.1. The Morgan fingerprint density at radius 3 is 2.55 bits per heavy atom. The van der Waals surface area contributed by atoms with Crippen LogP contribution in [0.4, 0.5) is 5.69 Å². The molecule has 29 heavy (non-hydrogen) atoms. The van der Waals surface area contributed by atoms with Crippen LogP contribution in [0.25, 0.3) is 11.1 Å². The minimum absolute atomic E-state index is 0.0902. The third kappa shape index (κ3) is 4.58. The molecule has 152 valence electrons. The summed E-state index contributed by atoms with van der Waals surface area (Å²) in [6.45, 7) is 7.39. The number of rotatable bonds is 6. The minimum atomic E-state index is 0.0902. The highest BCUT2D eigenvalue weighted by Crippen LogP contribution is 2.16. The number of benzene rings is 2. The van der Waals surface area contributed by atoms with Gasteiger partial charge in [-0.2, -0.15) is 0 Å². The molecule has 2 aromatic carbocycles. The van der Waals surface area contributed by atoms with Crippen molar-refractivity contribution < 1.29 is 19.0 Å². The summed E-state index contributed by atoms with van der Waals surface area (Å²) in [4.78, 5) is 15.8. The van der Waals surface area contributed by atoms with Gasteiger partial charge < -0.3 is 19.5 Å². The summed E-state index contributed by atoms with van der Waals surface area (Å²) < 4.78 is 7.78. The van der Waals surface area contributed by atoms with Crippen LogP contribution in [0, 0.1) is 4.84 Å². The number of hydrogen-bond acceptors (Lipinski definition) is 3. The van der Waals surface area contributed by atoms with Gasteiger partial charge in [-0.05, 0) is 42.4 Å². The van der Waals surface area contributed by atoms with Gasteiger partial charge in [0, 0.05) is 5.69 Å². The number of anilines is 1. The van der Waals surface area contributed by atoms with Crippen molar-refractivity contribution in [3.8, 4) is 0 Å². The van der Waals surface area contributed by atoms with Crippen molar-refractivity contribution in [2.45, 2.75) is 20.0 Å². The quantitative estimate of drug-likeness (QED) is 0.528. The molecule has 1 aliphatic heterocycles. The van der Waals surface area contributed by atoms with Crippen molar-refractivity contribution in [3.05, 3.63) is 58.9 Å². The van der Waals surface area contributed by atoms with Crippen molar-refractivity contribution in [2.75, 3.05) is 38.0 Å². The molecule has 6 nitrogen and oxygen atoms in total. The van der Waals surface area contributed by atoms with E-state index in [0.717, 1.165) is 56.1 Å². The first-order chi connectivity index (χ1) is 14.1. The molecule has 1 saturated heterocycles. The standard InChI is InChI=1S/C22H26N4O2S/c1-2-17-7-3-4-8-18(17)23-21(27)15-24-11-13-25(14-12-24)16-26-19-9-5-6-10-20(19)28-22(26)29/h3-10H,2,11-16H2,1H3,(H,23,27)/p+2. The molecule has 2 heterocycles. The van der Waals surface area contributed by atoms with E-state index in [2.05, 4.69) is 22.9 Å². The van der Waals surface area contributed by atoms with Crippen molar-refractivity contribution in [2.24, 2.45) is 0 Å². The SMILES string of the molecule is CCc1ccccc1NC(=O)C[NH+]1CC[NH+](Cn2c(=S)oc3ccccc32)CC1. The van der Waals surface area contributed by atoms with Crippen LogP contribution in [0.15, 0.2) is 52.9 Å². The fourth-order valence-corrected chi connectivity index (χ4v) is 4.30. The zero-order chi connectivity index (χ0) is 20.2. The molecule has 0 spiro atoms. The third-order valence-electron chi connectivity index (χ3n) is 5.70. The number of fused-ring (bicyclic) bond motifs is 1. The summed E-state index contributed by atoms with van der Waals surface area (Å²) >= 11 is 5.41. The predicted molar refractivity (Wildman–Crippen MR) is 116 cm³/mol. The number of oxazole rings is 1. The van der Waals surface area contributed by atoms with Crippen LogP contribution >= 0.6 is 12.2 Å². The molecule has 0 saturated carbocycles. The van der Waals surface area contributed by atoms with E-state index < -0.39 is 0 Å². The van der Waals surface area contributed by atoms with Gasteiger partial charge in [0.2, 0.25) is 0 Å². The number of aryl methyl sites for hydroxylation is 1. The Bertz CT molecular complexity index is 1050. The average molecular weight is 413 g/mol. The van der Waals surface area contributed by atoms with E-state index in [1.807, 2.05) is 42.5 Å². The van der Waals surface area contributed by atoms with Gasteiger partial charge in [-0.15, -0.1) is 0 Å². The van der Waals surface area contributed by atoms with Crippen molar-refractivity contribution >= 4 is 34.9 Å². The van der Waals surface area contributed by atoms with Crippen LogP contribution in [0.5, 0.6) is 0 Å². The third-order valence-corrected chi connectivity index (χ3v) is 6.01. The number of aromatic nitrogens is 1. The first kappa shape index (κ1) is 19.8. The Labute approximate surface area is 175 Å². The Morgan fingerprint density at radius 2 is 1.76 bits per heavy atom. The lowest BCUT2D eigenvalue weighted by Crippen LogP contribution is -3.28. The molecule has 0 unspecified atom stereocenters. The molecular weight excluding hydrogens is 384 g/mol. The second-order valence-corrected chi connectivity index (χ2v) is 8.01. The number of carbonyl (C=O) groups is 1. The highest BCUT2D eigenvalue weighted by Gasteiger charge is 2.26. The van der Waals surface area contributed by atoms with Gasteiger partial charge in [0.05, 0.1) is 5.52 Å². The van der Waals surface area contributed by atoms with E-state index in [9.17, 15) is 4.79 Å². The van der Waals surface area contributed by atoms with Gasteiger partial charge in [-0.3, -0.25) is 9.36 Å². The van der Waals surface area contributed by atoms with E-state index in [1.165, 1.54) is 15.4 Å². The lowest BCUT2D eigenvalue weighted by Gasteiger charge is -2.29. The second kappa shape index (κ2) is 8.90. The number of piperazine rings is 1. The summed E-state index contributed by atoms with van der Waals surface area (Å²) in [5.74, 6) is 0.0902. The number of nitrogens with zero attached hydrogens (tertiary/aromatic N) is 1. The normalized spacial score (nSPS) is 19.3. The number of para-hydroxylation sites is 3. The van der Waals surface area contributed by atoms with Crippen LogP contribution in [0.1, 0.15) is 12.5 Å². The maximum absolute atomic E-state index is 12.5. The smallest absolute Gasteiger partial charge is 0.279 e. The minimum Gasteiger partial charge on any atom is -0.429 e. The van der Waals surface area contributed by atoms with Crippen LogP contribution in [0.2, 0.25) is 0 Å². The Balaban J connectivity index is 1.31. The maximum Gasteiger partial charge on any atom is 0.279 e. The number of nitrogens with one attached hydrogen (secondary N) is 3. The molecule has 7 heteroatoms. The number of amides is 1. The molecule has 1 amide bonds. The zero-order valence-corrected chi connectivity index (χ0v) is 17.6. The van der Waals surface area contributed by atoms with Crippen LogP contribution in [-0.4, -0.2) is 43.2 Å². The number of carbonyl (C=O) groups excluding carboxylic acids is 1. The molecular formula is C22H28N4O2S+2. The summed E-state index contributed by atoms with van der Waals surface area (Å²) in [7, 11) is 0. The summed E-state index contributed by atoms with van der Waals surface area (Å²) in [6, 6.07) is 16.0. The molecule has 1 aliphatic rings. The number of hydrogen-bond donors (Lipinski definition) is 3. The topological polar surface area (TPSA) is 56.0 Å². The lowest BCUT2D eigenvalue weighted by molar-refractivity contribution is -1.02. The van der Waals surface area contributed by atoms with Crippen LogP contribution in [-0.2, 0) is 17.9 Å². The Morgan fingerprint density at radius 1 is 1.07 bits per heavy atom. The molecule has 0 aliphatic carbocycles. The summed E-state index contributed by atoms with van der Waals surface area (Å²) in [5, 5.41) is 3.09. The zero-order valence-electron chi connectivity index (χ0n) is 16.7. The summed E-state index contributed by atoms with van der Waals surface area (Å²) in [6.07, 6.45) is 0.913. The molecule has 3 aromatic rings. The van der Waals surface area contributed by atoms with E-state index in [0.29, 0.717) is 11.4 Å². The van der Waals surface area contributed by atoms with Gasteiger partial charge >= 0.3 is 0 Å². The highest BCUT2D eigenvalue weighted by molar-refractivity contribution is 7.71. The maximum atomic E-state index is 12.5. The van der Waals surface area contributed by atoms with E-state index >= 15 is 0 Å². The Kier molecular flexibility index (Phi) is 6.08. The van der Waals surface area contributed by atoms with E-state index in [1.54, 1.807) is 0 Å². The average Bonchev–Trinajstić information content (AvgIpc) is 3.05. The molecule has 1 fully saturated rings. The van der Waals surface area contributed by atoms with Gasteiger partial charge in [-0.1, -0.05) is 37.3 Å².